The summed E-state index contributed by atoms with van der Waals surface area (Å²) >= 11 is 0. The number of carbonyl (C=O) groups is 2. The van der Waals surface area contributed by atoms with Gasteiger partial charge in [-0.25, -0.2) is 0 Å². The first-order valence-corrected chi connectivity index (χ1v) is 8.26. The Bertz CT molecular complexity index is 619. The maximum Gasteiger partial charge on any atom is 0.417 e. The molecule has 1 saturated carbocycles. The van der Waals surface area contributed by atoms with Crippen LogP contribution in [0.15, 0.2) is 24.3 Å². The van der Waals surface area contributed by atoms with E-state index in [-0.39, 0.29) is 18.5 Å². The van der Waals surface area contributed by atoms with Gasteiger partial charge in [-0.3, -0.25) is 9.59 Å². The molecule has 0 heterocycles. The molecule has 25 heavy (non-hydrogen) atoms. The van der Waals surface area contributed by atoms with Crippen LogP contribution in [0.25, 0.3) is 0 Å². The number of carbonyl (C=O) groups excluding carboxylic acids is 2. The van der Waals surface area contributed by atoms with E-state index in [1.165, 1.54) is 12.1 Å². The summed E-state index contributed by atoms with van der Waals surface area (Å²) in [5.74, 6) is -1.16. The van der Waals surface area contributed by atoms with Gasteiger partial charge in [-0.05, 0) is 37.4 Å². The van der Waals surface area contributed by atoms with E-state index in [9.17, 15) is 22.8 Å². The summed E-state index contributed by atoms with van der Waals surface area (Å²) in [6.07, 6.45) is -0.816. The van der Waals surface area contributed by atoms with Gasteiger partial charge in [-0.2, -0.15) is 13.2 Å². The molecule has 1 fully saturated rings. The molecule has 0 radical (unpaired) electrons. The Morgan fingerprint density at radius 2 is 1.84 bits per heavy atom. The Kier molecular flexibility index (Phi) is 6.41. The molecule has 2 amide bonds. The lowest BCUT2D eigenvalue weighted by Gasteiger charge is -2.31. The van der Waals surface area contributed by atoms with E-state index in [2.05, 4.69) is 10.6 Å². The fourth-order valence-corrected chi connectivity index (χ4v) is 3.12. The van der Waals surface area contributed by atoms with Gasteiger partial charge in [0.1, 0.15) is 0 Å². The topological polar surface area (TPSA) is 84.2 Å². The number of alkyl halides is 3. The van der Waals surface area contributed by atoms with Crippen LogP contribution >= 0.6 is 0 Å². The van der Waals surface area contributed by atoms with E-state index in [0.717, 1.165) is 37.8 Å². The zero-order valence-corrected chi connectivity index (χ0v) is 13.7. The van der Waals surface area contributed by atoms with Crippen molar-refractivity contribution in [1.82, 2.24) is 10.6 Å². The molecule has 1 aliphatic rings. The second-order valence-electron chi connectivity index (χ2n) is 6.18. The third-order valence-electron chi connectivity index (χ3n) is 4.44. The van der Waals surface area contributed by atoms with Crippen molar-refractivity contribution in [3.05, 3.63) is 35.4 Å². The summed E-state index contributed by atoms with van der Waals surface area (Å²) in [6, 6.07) is 4.43. The number of hydrogen-bond donors (Lipinski definition) is 3. The summed E-state index contributed by atoms with van der Waals surface area (Å²) in [5, 5.41) is 5.07. The number of amides is 2. The summed E-state index contributed by atoms with van der Waals surface area (Å²) < 4.78 is 38.8. The molecule has 4 N–H and O–H groups in total. The molecule has 0 aromatic heterocycles. The van der Waals surface area contributed by atoms with Crippen molar-refractivity contribution in [3.8, 4) is 0 Å². The van der Waals surface area contributed by atoms with Crippen LogP contribution in [-0.2, 0) is 11.0 Å². The van der Waals surface area contributed by atoms with Crippen LogP contribution in [0.5, 0.6) is 0 Å². The molecular weight excluding hydrogens is 335 g/mol. The molecule has 0 aliphatic heterocycles. The predicted octanol–water partition coefficient (Wildman–Crippen LogP) is 2.07. The van der Waals surface area contributed by atoms with Crippen molar-refractivity contribution in [1.29, 1.82) is 0 Å². The van der Waals surface area contributed by atoms with E-state index in [1.807, 2.05) is 0 Å². The van der Waals surface area contributed by atoms with Gasteiger partial charge >= 0.3 is 6.18 Å². The van der Waals surface area contributed by atoms with E-state index in [0.29, 0.717) is 6.54 Å². The van der Waals surface area contributed by atoms with E-state index in [4.69, 9.17) is 5.73 Å². The average molecular weight is 357 g/mol. The van der Waals surface area contributed by atoms with Crippen LogP contribution in [0.4, 0.5) is 13.2 Å². The zero-order chi connectivity index (χ0) is 18.4. The van der Waals surface area contributed by atoms with Crippen LogP contribution < -0.4 is 16.4 Å². The number of hydrogen-bond acceptors (Lipinski definition) is 3. The SMILES string of the molecule is NCC1CCCCC1NC(=O)CNC(=O)c1ccccc1C(F)(F)F. The fourth-order valence-electron chi connectivity index (χ4n) is 3.12. The fraction of sp³-hybridized carbons (Fsp3) is 0.529. The van der Waals surface area contributed by atoms with Crippen molar-refractivity contribution < 1.29 is 22.8 Å². The highest BCUT2D eigenvalue weighted by atomic mass is 19.4. The van der Waals surface area contributed by atoms with E-state index >= 15 is 0 Å². The minimum Gasteiger partial charge on any atom is -0.352 e. The molecule has 8 heteroatoms. The summed E-state index contributed by atoms with van der Waals surface area (Å²) in [6.45, 7) is 0.0923. The second-order valence-corrected chi connectivity index (χ2v) is 6.18. The highest BCUT2D eigenvalue weighted by Gasteiger charge is 2.35. The smallest absolute Gasteiger partial charge is 0.352 e. The highest BCUT2D eigenvalue weighted by Crippen LogP contribution is 2.31. The Morgan fingerprint density at radius 3 is 2.52 bits per heavy atom. The monoisotopic (exact) mass is 357 g/mol. The third kappa shape index (κ3) is 5.19. The molecule has 0 spiro atoms. The van der Waals surface area contributed by atoms with Crippen LogP contribution in [-0.4, -0.2) is 30.9 Å². The van der Waals surface area contributed by atoms with Gasteiger partial charge in [-0.1, -0.05) is 25.0 Å². The summed E-state index contributed by atoms with van der Waals surface area (Å²) in [5.41, 5.74) is 4.17. The normalized spacial score (nSPS) is 20.8. The van der Waals surface area contributed by atoms with Gasteiger partial charge in [-0.15, -0.1) is 0 Å². The second kappa shape index (κ2) is 8.33. The Morgan fingerprint density at radius 1 is 1.16 bits per heavy atom. The van der Waals surface area contributed by atoms with Crippen molar-refractivity contribution in [2.24, 2.45) is 11.7 Å². The van der Waals surface area contributed by atoms with Crippen molar-refractivity contribution >= 4 is 11.8 Å². The first kappa shape index (κ1) is 19.2. The highest BCUT2D eigenvalue weighted by molar-refractivity contribution is 5.97. The molecule has 0 saturated heterocycles. The first-order valence-electron chi connectivity index (χ1n) is 8.26. The van der Waals surface area contributed by atoms with Crippen molar-refractivity contribution in [2.45, 2.75) is 37.9 Å². The van der Waals surface area contributed by atoms with Gasteiger partial charge in [0.25, 0.3) is 5.91 Å². The minimum absolute atomic E-state index is 0.0504. The number of nitrogens with one attached hydrogen (secondary N) is 2. The quantitative estimate of drug-likeness (QED) is 0.754. The largest absolute Gasteiger partial charge is 0.417 e. The van der Waals surface area contributed by atoms with Crippen molar-refractivity contribution in [2.75, 3.05) is 13.1 Å². The van der Waals surface area contributed by atoms with Gasteiger partial charge < -0.3 is 16.4 Å². The summed E-state index contributed by atoms with van der Waals surface area (Å²) in [7, 11) is 0. The first-order chi connectivity index (χ1) is 11.8. The van der Waals surface area contributed by atoms with E-state index in [1.54, 1.807) is 0 Å². The Balaban J connectivity index is 1.93. The lowest BCUT2D eigenvalue weighted by molar-refractivity contribution is -0.137. The standard InChI is InChI=1S/C17H22F3N3O2/c18-17(19,20)13-7-3-2-6-12(13)16(25)22-10-15(24)23-14-8-4-1-5-11(14)9-21/h2-3,6-7,11,14H,1,4-5,8-10,21H2,(H,22,25)(H,23,24). The third-order valence-corrected chi connectivity index (χ3v) is 4.44. The molecule has 1 aromatic carbocycles. The maximum absolute atomic E-state index is 12.9. The van der Waals surface area contributed by atoms with Gasteiger partial charge in [0.15, 0.2) is 0 Å². The van der Waals surface area contributed by atoms with Gasteiger partial charge in [0.05, 0.1) is 17.7 Å². The zero-order valence-electron chi connectivity index (χ0n) is 13.7. The molecule has 2 unspecified atom stereocenters. The van der Waals surface area contributed by atoms with E-state index < -0.39 is 29.1 Å². The van der Waals surface area contributed by atoms with Crippen LogP contribution in [0.2, 0.25) is 0 Å². The average Bonchev–Trinajstić information content (AvgIpc) is 2.59. The van der Waals surface area contributed by atoms with Gasteiger partial charge in [0, 0.05) is 6.04 Å². The minimum atomic E-state index is -4.63. The number of rotatable bonds is 5. The maximum atomic E-state index is 12.9. The predicted molar refractivity (Wildman–Crippen MR) is 86.7 cm³/mol. The lowest BCUT2D eigenvalue weighted by Crippen LogP contribution is -2.48. The number of halogens is 3. The number of nitrogens with two attached hydrogens (primary N) is 1. The lowest BCUT2D eigenvalue weighted by atomic mass is 9.84. The molecule has 1 aromatic rings. The Labute approximate surface area is 144 Å². The van der Waals surface area contributed by atoms with Crippen LogP contribution in [0.3, 0.4) is 0 Å². The van der Waals surface area contributed by atoms with Crippen molar-refractivity contribution in [3.63, 3.8) is 0 Å². The summed E-state index contributed by atoms with van der Waals surface area (Å²) in [4.78, 5) is 24.0. The van der Waals surface area contributed by atoms with Crippen LogP contribution in [0, 0.1) is 5.92 Å². The number of benzene rings is 1. The molecule has 1 aliphatic carbocycles. The molecular formula is C17H22F3N3O2. The Hall–Kier alpha value is -2.09. The molecule has 0 bridgehead atoms. The molecule has 2 rings (SSSR count). The molecule has 138 valence electrons. The molecule has 5 nitrogen and oxygen atoms in total. The van der Waals surface area contributed by atoms with Crippen LogP contribution in [0.1, 0.15) is 41.6 Å². The molecule has 2 atom stereocenters. The van der Waals surface area contributed by atoms with Gasteiger partial charge in [0.2, 0.25) is 5.91 Å².